The van der Waals surface area contributed by atoms with E-state index in [4.69, 9.17) is 11.0 Å². The van der Waals surface area contributed by atoms with E-state index in [-0.39, 0.29) is 4.75 Å². The molecule has 5 heteroatoms. The lowest BCUT2D eigenvalue weighted by atomic mass is 9.88. The maximum Gasteiger partial charge on any atom is 0.144 e. The number of pyridine rings is 1. The number of anilines is 2. The van der Waals surface area contributed by atoms with Crippen LogP contribution in [0.15, 0.2) is 12.3 Å². The molecule has 0 atom stereocenters. The number of rotatable bonds is 4. The fraction of sp³-hybridized carbons (Fsp3) is 0.571. The van der Waals surface area contributed by atoms with Crippen molar-refractivity contribution in [3.63, 3.8) is 0 Å². The van der Waals surface area contributed by atoms with Crippen LogP contribution in [0.4, 0.5) is 11.5 Å². The van der Waals surface area contributed by atoms with Gasteiger partial charge in [0.05, 0.1) is 17.4 Å². The van der Waals surface area contributed by atoms with Gasteiger partial charge >= 0.3 is 0 Å². The molecule has 0 bridgehead atoms. The number of nitriles is 1. The van der Waals surface area contributed by atoms with Crippen molar-refractivity contribution in [2.24, 2.45) is 0 Å². The molecule has 1 fully saturated rings. The van der Waals surface area contributed by atoms with Gasteiger partial charge < -0.3 is 11.1 Å². The summed E-state index contributed by atoms with van der Waals surface area (Å²) in [5, 5.41) is 12.5. The third kappa shape index (κ3) is 3.32. The largest absolute Gasteiger partial charge is 0.397 e. The van der Waals surface area contributed by atoms with Crippen LogP contribution in [-0.2, 0) is 0 Å². The number of aromatic nitrogens is 1. The van der Waals surface area contributed by atoms with Gasteiger partial charge in [-0.1, -0.05) is 19.3 Å². The molecule has 1 aliphatic carbocycles. The Hall–Kier alpha value is -1.41. The first-order valence-corrected chi connectivity index (χ1v) is 7.86. The maximum atomic E-state index is 9.11. The molecule has 102 valence electrons. The van der Waals surface area contributed by atoms with Gasteiger partial charge in [-0.3, -0.25) is 0 Å². The van der Waals surface area contributed by atoms with Crippen molar-refractivity contribution in [2.75, 3.05) is 23.9 Å². The Morgan fingerprint density at radius 2 is 2.21 bits per heavy atom. The summed E-state index contributed by atoms with van der Waals surface area (Å²) in [6.45, 7) is 0.861. The molecule has 1 aromatic heterocycles. The lowest BCUT2D eigenvalue weighted by Gasteiger charge is -2.36. The smallest absolute Gasteiger partial charge is 0.144 e. The Bertz CT molecular complexity index is 475. The summed E-state index contributed by atoms with van der Waals surface area (Å²) in [4.78, 5) is 4.23. The number of hydrogen-bond donors (Lipinski definition) is 2. The lowest BCUT2D eigenvalue weighted by Crippen LogP contribution is -2.35. The normalized spacial score (nSPS) is 17.7. The van der Waals surface area contributed by atoms with Crippen molar-refractivity contribution in [3.05, 3.63) is 17.8 Å². The molecule has 0 radical (unpaired) electrons. The molecule has 0 aromatic carbocycles. The van der Waals surface area contributed by atoms with E-state index >= 15 is 0 Å². The second kappa shape index (κ2) is 6.16. The van der Waals surface area contributed by atoms with Crippen molar-refractivity contribution in [3.8, 4) is 6.07 Å². The molecule has 4 nitrogen and oxygen atoms in total. The minimum absolute atomic E-state index is 0.286. The zero-order chi connectivity index (χ0) is 13.7. The summed E-state index contributed by atoms with van der Waals surface area (Å²) < 4.78 is 0.286. The molecule has 1 aliphatic rings. The molecule has 0 amide bonds. The first-order valence-electron chi connectivity index (χ1n) is 6.64. The van der Waals surface area contributed by atoms with Gasteiger partial charge in [0.25, 0.3) is 0 Å². The van der Waals surface area contributed by atoms with Crippen molar-refractivity contribution in [1.29, 1.82) is 5.26 Å². The molecule has 19 heavy (non-hydrogen) atoms. The van der Waals surface area contributed by atoms with Gasteiger partial charge in [-0.15, -0.1) is 0 Å². The maximum absolute atomic E-state index is 9.11. The van der Waals surface area contributed by atoms with Crippen LogP contribution in [0.25, 0.3) is 0 Å². The molecular formula is C14H20N4S. The molecular weight excluding hydrogens is 256 g/mol. The van der Waals surface area contributed by atoms with E-state index in [1.54, 1.807) is 12.3 Å². The van der Waals surface area contributed by atoms with Crippen molar-refractivity contribution < 1.29 is 0 Å². The SMILES string of the molecule is CSC1(CNc2ncc(N)cc2C#N)CCCCC1. The third-order valence-electron chi connectivity index (χ3n) is 3.81. The number of hydrogen-bond acceptors (Lipinski definition) is 5. The van der Waals surface area contributed by atoms with E-state index < -0.39 is 0 Å². The summed E-state index contributed by atoms with van der Waals surface area (Å²) in [6.07, 6.45) is 10.2. The minimum Gasteiger partial charge on any atom is -0.397 e. The number of thioether (sulfide) groups is 1. The summed E-state index contributed by atoms with van der Waals surface area (Å²) in [5.41, 5.74) is 6.70. The van der Waals surface area contributed by atoms with Gasteiger partial charge in [0.15, 0.2) is 0 Å². The van der Waals surface area contributed by atoms with Gasteiger partial charge in [0.1, 0.15) is 11.9 Å². The number of nitrogens with zero attached hydrogens (tertiary/aromatic N) is 2. The van der Waals surface area contributed by atoms with Crippen molar-refractivity contribution >= 4 is 23.3 Å². The van der Waals surface area contributed by atoms with Crippen LogP contribution < -0.4 is 11.1 Å². The quantitative estimate of drug-likeness (QED) is 0.884. The molecule has 1 aromatic rings. The minimum atomic E-state index is 0.286. The Morgan fingerprint density at radius 3 is 2.84 bits per heavy atom. The summed E-state index contributed by atoms with van der Waals surface area (Å²) in [7, 11) is 0. The zero-order valence-electron chi connectivity index (χ0n) is 11.3. The van der Waals surface area contributed by atoms with Crippen molar-refractivity contribution in [2.45, 2.75) is 36.9 Å². The molecule has 0 unspecified atom stereocenters. The number of nitrogens with one attached hydrogen (secondary N) is 1. The van der Waals surface area contributed by atoms with E-state index in [1.165, 1.54) is 32.1 Å². The van der Waals surface area contributed by atoms with Crippen LogP contribution >= 0.6 is 11.8 Å². The molecule has 1 heterocycles. The van der Waals surface area contributed by atoms with E-state index in [0.29, 0.717) is 17.1 Å². The molecule has 1 saturated carbocycles. The Balaban J connectivity index is 2.07. The van der Waals surface area contributed by atoms with Crippen LogP contribution in [0.1, 0.15) is 37.7 Å². The van der Waals surface area contributed by atoms with E-state index in [2.05, 4.69) is 22.6 Å². The molecule has 3 N–H and O–H groups in total. The van der Waals surface area contributed by atoms with E-state index in [1.807, 2.05) is 11.8 Å². The molecule has 0 aliphatic heterocycles. The van der Waals surface area contributed by atoms with Gasteiger partial charge in [0, 0.05) is 11.3 Å². The van der Waals surface area contributed by atoms with Crippen LogP contribution in [0, 0.1) is 11.3 Å². The average Bonchev–Trinajstić information content (AvgIpc) is 2.47. The summed E-state index contributed by atoms with van der Waals surface area (Å²) >= 11 is 1.93. The molecule has 2 rings (SSSR count). The van der Waals surface area contributed by atoms with Gasteiger partial charge in [-0.2, -0.15) is 17.0 Å². The predicted octanol–water partition coefficient (Wildman–Crippen LogP) is 3.01. The second-order valence-electron chi connectivity index (χ2n) is 5.08. The van der Waals surface area contributed by atoms with Crippen LogP contribution in [0.2, 0.25) is 0 Å². The zero-order valence-corrected chi connectivity index (χ0v) is 12.1. The van der Waals surface area contributed by atoms with Crippen LogP contribution in [0.5, 0.6) is 0 Å². The fourth-order valence-corrected chi connectivity index (χ4v) is 3.51. The van der Waals surface area contributed by atoms with Crippen molar-refractivity contribution in [1.82, 2.24) is 4.98 Å². The van der Waals surface area contributed by atoms with E-state index in [9.17, 15) is 0 Å². The number of nitrogens with two attached hydrogens (primary N) is 1. The Morgan fingerprint density at radius 1 is 1.47 bits per heavy atom. The standard InChI is InChI=1S/C14H20N4S/c1-19-14(5-3-2-4-6-14)10-18-13-11(8-15)7-12(16)9-17-13/h7,9H,2-6,10,16H2,1H3,(H,17,18). The van der Waals surface area contributed by atoms with Gasteiger partial charge in [-0.05, 0) is 25.2 Å². The van der Waals surface area contributed by atoms with Gasteiger partial charge in [0.2, 0.25) is 0 Å². The highest BCUT2D eigenvalue weighted by molar-refractivity contribution is 8.00. The fourth-order valence-electron chi connectivity index (χ4n) is 2.60. The highest BCUT2D eigenvalue weighted by atomic mass is 32.2. The second-order valence-corrected chi connectivity index (χ2v) is 6.35. The predicted molar refractivity (Wildman–Crippen MR) is 81.2 cm³/mol. The van der Waals surface area contributed by atoms with Crippen LogP contribution in [0.3, 0.4) is 0 Å². The Labute approximate surface area is 118 Å². The molecule has 0 spiro atoms. The monoisotopic (exact) mass is 276 g/mol. The van der Waals surface area contributed by atoms with Crippen LogP contribution in [-0.4, -0.2) is 22.5 Å². The highest BCUT2D eigenvalue weighted by Gasteiger charge is 2.31. The highest BCUT2D eigenvalue weighted by Crippen LogP contribution is 2.38. The van der Waals surface area contributed by atoms with Gasteiger partial charge in [-0.25, -0.2) is 4.98 Å². The summed E-state index contributed by atoms with van der Waals surface area (Å²) in [5.74, 6) is 0.649. The summed E-state index contributed by atoms with van der Waals surface area (Å²) in [6, 6.07) is 3.81. The number of nitrogen functional groups attached to an aromatic ring is 1. The lowest BCUT2D eigenvalue weighted by molar-refractivity contribution is 0.411. The topological polar surface area (TPSA) is 74.7 Å². The van der Waals surface area contributed by atoms with E-state index in [0.717, 1.165) is 6.54 Å². The first-order chi connectivity index (χ1) is 9.19. The average molecular weight is 276 g/mol. The Kier molecular flexibility index (Phi) is 4.54. The third-order valence-corrected chi connectivity index (χ3v) is 5.22. The first kappa shape index (κ1) is 14.0. The molecule has 0 saturated heterocycles.